The lowest BCUT2D eigenvalue weighted by molar-refractivity contribution is -0.115. The number of rotatable bonds is 2. The monoisotopic (exact) mass is 368 g/mol. The van der Waals surface area contributed by atoms with Gasteiger partial charge in [0.2, 0.25) is 0 Å². The van der Waals surface area contributed by atoms with Crippen LogP contribution in [0.4, 0.5) is 0 Å². The van der Waals surface area contributed by atoms with Gasteiger partial charge in [0.15, 0.2) is 15.6 Å². The van der Waals surface area contributed by atoms with Gasteiger partial charge in [-0.25, -0.2) is 13.2 Å². The number of carbonyl (C=O) groups excluding carboxylic acids is 2. The van der Waals surface area contributed by atoms with Crippen LogP contribution >= 0.6 is 11.3 Å². The Bertz CT molecular complexity index is 856. The molecule has 0 aromatic carbocycles. The van der Waals surface area contributed by atoms with Gasteiger partial charge in [0.25, 0.3) is 0 Å². The number of carbonyl (C=O) groups is 2. The predicted octanol–water partition coefficient (Wildman–Crippen LogP) is 3.31. The lowest BCUT2D eigenvalue weighted by Crippen LogP contribution is -2.29. The van der Waals surface area contributed by atoms with Crippen LogP contribution in [0.15, 0.2) is 16.0 Å². The molecule has 1 aromatic rings. The molecule has 5 nitrogen and oxygen atoms in total. The van der Waals surface area contributed by atoms with Crippen LogP contribution in [0.5, 0.6) is 0 Å². The van der Waals surface area contributed by atoms with Gasteiger partial charge in [0, 0.05) is 18.9 Å². The SMILES string of the molecule is Cc1c(C(=O)OC2=CC(=O)CCC2)sc2c1C(C)(C)CCS2(=O)=O. The first-order valence-electron chi connectivity index (χ1n) is 7.94. The molecular formula is C17H20O5S2. The molecule has 3 rings (SSSR count). The number of sulfone groups is 1. The summed E-state index contributed by atoms with van der Waals surface area (Å²) in [6.07, 6.45) is 3.59. The fraction of sp³-hybridized carbons (Fsp3) is 0.529. The van der Waals surface area contributed by atoms with Gasteiger partial charge in [-0.05, 0) is 36.3 Å². The molecule has 0 amide bonds. The van der Waals surface area contributed by atoms with Crippen LogP contribution in [-0.4, -0.2) is 25.9 Å². The van der Waals surface area contributed by atoms with Crippen LogP contribution in [0, 0.1) is 6.92 Å². The third kappa shape index (κ3) is 2.95. The molecule has 0 N–H and O–H groups in total. The van der Waals surface area contributed by atoms with Gasteiger partial charge in [-0.2, -0.15) is 0 Å². The molecule has 1 aliphatic carbocycles. The molecule has 130 valence electrons. The molecular weight excluding hydrogens is 348 g/mol. The van der Waals surface area contributed by atoms with Gasteiger partial charge in [0.1, 0.15) is 14.8 Å². The second-order valence-corrected chi connectivity index (χ2v) is 10.3. The van der Waals surface area contributed by atoms with Crippen molar-refractivity contribution in [3.05, 3.63) is 27.8 Å². The van der Waals surface area contributed by atoms with Crippen molar-refractivity contribution >= 4 is 32.9 Å². The van der Waals surface area contributed by atoms with Crippen LogP contribution in [0.1, 0.15) is 60.3 Å². The largest absolute Gasteiger partial charge is 0.427 e. The number of ether oxygens (including phenoxy) is 1. The van der Waals surface area contributed by atoms with Crippen LogP contribution in [0.3, 0.4) is 0 Å². The molecule has 0 spiro atoms. The van der Waals surface area contributed by atoms with E-state index in [1.807, 2.05) is 13.8 Å². The van der Waals surface area contributed by atoms with Gasteiger partial charge in [-0.1, -0.05) is 13.8 Å². The molecule has 1 aromatic heterocycles. The molecule has 1 aliphatic heterocycles. The van der Waals surface area contributed by atoms with Crippen LogP contribution in [-0.2, 0) is 24.8 Å². The van der Waals surface area contributed by atoms with E-state index in [4.69, 9.17) is 4.74 Å². The number of esters is 1. The summed E-state index contributed by atoms with van der Waals surface area (Å²) < 4.78 is 30.4. The Morgan fingerprint density at radius 3 is 2.62 bits per heavy atom. The number of hydrogen-bond acceptors (Lipinski definition) is 6. The first-order chi connectivity index (χ1) is 11.1. The Labute approximate surface area is 145 Å². The fourth-order valence-corrected chi connectivity index (χ4v) is 7.11. The topological polar surface area (TPSA) is 77.5 Å². The third-order valence-corrected chi connectivity index (χ3v) is 8.24. The van der Waals surface area contributed by atoms with Crippen molar-refractivity contribution in [1.82, 2.24) is 0 Å². The lowest BCUT2D eigenvalue weighted by Gasteiger charge is -2.30. The first-order valence-corrected chi connectivity index (χ1v) is 10.4. The molecule has 0 bridgehead atoms. The maximum atomic E-state index is 12.5. The van der Waals surface area contributed by atoms with Gasteiger partial charge in [0.05, 0.1) is 5.75 Å². The highest BCUT2D eigenvalue weighted by molar-refractivity contribution is 7.93. The van der Waals surface area contributed by atoms with E-state index in [-0.39, 0.29) is 21.2 Å². The molecule has 2 heterocycles. The predicted molar refractivity (Wildman–Crippen MR) is 91.1 cm³/mol. The van der Waals surface area contributed by atoms with Crippen LogP contribution < -0.4 is 0 Å². The second-order valence-electron chi connectivity index (χ2n) is 6.99. The lowest BCUT2D eigenvalue weighted by atomic mass is 9.81. The Balaban J connectivity index is 2.00. The molecule has 0 atom stereocenters. The van der Waals surface area contributed by atoms with Crippen LogP contribution in [0.2, 0.25) is 0 Å². The molecule has 0 unspecified atom stereocenters. The molecule has 24 heavy (non-hydrogen) atoms. The minimum atomic E-state index is -3.35. The van der Waals surface area contributed by atoms with Crippen molar-refractivity contribution in [1.29, 1.82) is 0 Å². The molecule has 0 saturated carbocycles. The van der Waals surface area contributed by atoms with Gasteiger partial charge in [-0.3, -0.25) is 4.79 Å². The fourth-order valence-electron chi connectivity index (χ4n) is 3.30. The zero-order chi connectivity index (χ0) is 17.7. The summed E-state index contributed by atoms with van der Waals surface area (Å²) in [5.41, 5.74) is 1.12. The van der Waals surface area contributed by atoms with E-state index < -0.39 is 15.8 Å². The minimum Gasteiger partial charge on any atom is -0.427 e. The molecule has 0 fully saturated rings. The minimum absolute atomic E-state index is 0.0463. The highest BCUT2D eigenvalue weighted by Gasteiger charge is 2.41. The molecule has 0 saturated heterocycles. The van der Waals surface area contributed by atoms with Gasteiger partial charge < -0.3 is 4.74 Å². The normalized spacial score (nSPS) is 21.8. The first kappa shape index (κ1) is 17.4. The van der Waals surface area contributed by atoms with Crippen molar-refractivity contribution in [3.8, 4) is 0 Å². The van der Waals surface area contributed by atoms with E-state index in [1.165, 1.54) is 6.08 Å². The zero-order valence-electron chi connectivity index (χ0n) is 14.0. The maximum Gasteiger partial charge on any atom is 0.353 e. The summed E-state index contributed by atoms with van der Waals surface area (Å²) in [5.74, 6) is -0.154. The van der Waals surface area contributed by atoms with E-state index in [0.29, 0.717) is 41.9 Å². The number of hydrogen-bond donors (Lipinski definition) is 0. The molecule has 7 heteroatoms. The Kier molecular flexibility index (Phi) is 4.20. The Hall–Kier alpha value is -1.47. The molecule has 2 aliphatic rings. The van der Waals surface area contributed by atoms with E-state index in [9.17, 15) is 18.0 Å². The number of thiophene rings is 1. The van der Waals surface area contributed by atoms with Crippen molar-refractivity contribution in [2.45, 2.75) is 56.1 Å². The summed E-state index contributed by atoms with van der Waals surface area (Å²) in [7, 11) is -3.35. The smallest absolute Gasteiger partial charge is 0.353 e. The number of allylic oxidation sites excluding steroid dienone is 2. The van der Waals surface area contributed by atoms with E-state index in [2.05, 4.69) is 0 Å². The average Bonchev–Trinajstić information content (AvgIpc) is 2.84. The quantitative estimate of drug-likeness (QED) is 0.749. The van der Waals surface area contributed by atoms with Gasteiger partial charge in [-0.15, -0.1) is 11.3 Å². The zero-order valence-corrected chi connectivity index (χ0v) is 15.6. The van der Waals surface area contributed by atoms with Crippen molar-refractivity contribution in [3.63, 3.8) is 0 Å². The summed E-state index contributed by atoms with van der Waals surface area (Å²) in [4.78, 5) is 24.3. The van der Waals surface area contributed by atoms with E-state index >= 15 is 0 Å². The Morgan fingerprint density at radius 1 is 1.29 bits per heavy atom. The van der Waals surface area contributed by atoms with Crippen molar-refractivity contribution in [2.24, 2.45) is 0 Å². The Morgan fingerprint density at radius 2 is 2.00 bits per heavy atom. The summed E-state index contributed by atoms with van der Waals surface area (Å²) in [6.45, 7) is 5.77. The summed E-state index contributed by atoms with van der Waals surface area (Å²) >= 11 is 0.994. The third-order valence-electron chi connectivity index (χ3n) is 4.65. The number of fused-ring (bicyclic) bond motifs is 1. The average molecular weight is 368 g/mol. The number of ketones is 1. The van der Waals surface area contributed by atoms with Crippen LogP contribution in [0.25, 0.3) is 0 Å². The van der Waals surface area contributed by atoms with Crippen molar-refractivity contribution in [2.75, 3.05) is 5.75 Å². The highest BCUT2D eigenvalue weighted by atomic mass is 32.2. The second kappa shape index (κ2) is 5.81. The van der Waals surface area contributed by atoms with E-state index in [0.717, 1.165) is 16.9 Å². The van der Waals surface area contributed by atoms with Crippen molar-refractivity contribution < 1.29 is 22.7 Å². The van der Waals surface area contributed by atoms with Gasteiger partial charge >= 0.3 is 5.97 Å². The standard InChI is InChI=1S/C17H20O5S2/c1-10-13-16(24(20,21)8-7-17(13,2)3)23-14(10)15(19)22-12-6-4-5-11(18)9-12/h9H,4-8H2,1-3H3. The maximum absolute atomic E-state index is 12.5. The highest BCUT2D eigenvalue weighted by Crippen LogP contribution is 2.46. The van der Waals surface area contributed by atoms with E-state index in [1.54, 1.807) is 6.92 Å². The summed E-state index contributed by atoms with van der Waals surface area (Å²) in [5, 5.41) is 0. The molecule has 0 radical (unpaired) electrons. The summed E-state index contributed by atoms with van der Waals surface area (Å²) in [6, 6.07) is 0.